The fourth-order valence-electron chi connectivity index (χ4n) is 2.26. The molecule has 1 heterocycles. The van der Waals surface area contributed by atoms with Gasteiger partial charge in [-0.2, -0.15) is 0 Å². The van der Waals surface area contributed by atoms with Gasteiger partial charge in [-0.15, -0.1) is 0 Å². The fourth-order valence-corrected chi connectivity index (χ4v) is 3.17. The minimum Gasteiger partial charge on any atom is -0.489 e. The van der Waals surface area contributed by atoms with E-state index in [9.17, 15) is 9.59 Å². The first-order valence-corrected chi connectivity index (χ1v) is 7.58. The molecule has 1 atom stereocenters. The Hall–Kier alpha value is -1.49. The fraction of sp³-hybridized carbons (Fsp3) is 0.467. The number of hydrogen-bond acceptors (Lipinski definition) is 4. The molecule has 2 rings (SSSR count). The van der Waals surface area contributed by atoms with E-state index in [-0.39, 0.29) is 22.4 Å². The van der Waals surface area contributed by atoms with Crippen LogP contribution in [0.15, 0.2) is 24.3 Å². The van der Waals surface area contributed by atoms with Crippen LogP contribution in [0.4, 0.5) is 5.69 Å². The molecule has 0 spiro atoms. The van der Waals surface area contributed by atoms with Crippen LogP contribution < -0.4 is 9.64 Å². The average Bonchev–Trinajstić information content (AvgIpc) is 2.69. The van der Waals surface area contributed by atoms with Gasteiger partial charge in [-0.05, 0) is 26.0 Å². The van der Waals surface area contributed by atoms with Gasteiger partial charge in [0.15, 0.2) is 5.12 Å². The third kappa shape index (κ3) is 3.54. The van der Waals surface area contributed by atoms with Crippen molar-refractivity contribution in [2.45, 2.75) is 38.5 Å². The van der Waals surface area contributed by atoms with Crippen LogP contribution in [0.2, 0.25) is 0 Å². The molecule has 20 heavy (non-hydrogen) atoms. The first kappa shape index (κ1) is 14.9. The van der Waals surface area contributed by atoms with E-state index >= 15 is 0 Å². The predicted molar refractivity (Wildman–Crippen MR) is 81.2 cm³/mol. The molecular formula is C15H19NO3S. The third-order valence-electron chi connectivity index (χ3n) is 2.94. The minimum atomic E-state index is 0.0344. The molecule has 0 aliphatic carbocycles. The van der Waals surface area contributed by atoms with E-state index in [1.54, 1.807) is 4.90 Å². The maximum absolute atomic E-state index is 12.2. The van der Waals surface area contributed by atoms with Crippen LogP contribution in [-0.2, 0) is 9.59 Å². The van der Waals surface area contributed by atoms with Gasteiger partial charge in [0, 0.05) is 25.1 Å². The zero-order valence-corrected chi connectivity index (χ0v) is 12.8. The van der Waals surface area contributed by atoms with E-state index < -0.39 is 0 Å². The number of carbonyl (C=O) groups is 2. The van der Waals surface area contributed by atoms with Crippen molar-refractivity contribution in [2.75, 3.05) is 11.4 Å². The summed E-state index contributed by atoms with van der Waals surface area (Å²) >= 11 is 1.24. The molecule has 108 valence electrons. The van der Waals surface area contributed by atoms with Crippen molar-refractivity contribution in [2.24, 2.45) is 0 Å². The van der Waals surface area contributed by atoms with Gasteiger partial charge in [0.25, 0.3) is 0 Å². The number of hydrogen-bond donors (Lipinski definition) is 0. The Labute approximate surface area is 123 Å². The van der Waals surface area contributed by atoms with Gasteiger partial charge in [0.1, 0.15) is 5.75 Å². The predicted octanol–water partition coefficient (Wildman–Crippen LogP) is 2.86. The monoisotopic (exact) mass is 293 g/mol. The molecule has 4 nitrogen and oxygen atoms in total. The minimum absolute atomic E-state index is 0.0344. The van der Waals surface area contributed by atoms with Crippen LogP contribution in [0.1, 0.15) is 27.2 Å². The van der Waals surface area contributed by atoms with Gasteiger partial charge < -0.3 is 9.64 Å². The SMILES string of the molecule is CC(=O)SC1CC(=O)N(c2ccccc2OC(C)C)C1. The average molecular weight is 293 g/mol. The Kier molecular flexibility index (Phi) is 4.70. The molecule has 1 amide bonds. The first-order valence-electron chi connectivity index (χ1n) is 6.70. The van der Waals surface area contributed by atoms with E-state index in [1.807, 2.05) is 38.1 Å². The lowest BCUT2D eigenvalue weighted by molar-refractivity contribution is -0.117. The summed E-state index contributed by atoms with van der Waals surface area (Å²) in [6.07, 6.45) is 0.455. The number of rotatable bonds is 4. The Morgan fingerprint density at radius 2 is 2.10 bits per heavy atom. The van der Waals surface area contributed by atoms with Crippen molar-refractivity contribution >= 4 is 28.5 Å². The van der Waals surface area contributed by atoms with Gasteiger partial charge >= 0.3 is 0 Å². The van der Waals surface area contributed by atoms with Crippen LogP contribution in [0.5, 0.6) is 5.75 Å². The molecular weight excluding hydrogens is 274 g/mol. The summed E-state index contributed by atoms with van der Waals surface area (Å²) in [4.78, 5) is 25.0. The summed E-state index contributed by atoms with van der Waals surface area (Å²) in [5, 5.41) is 0.0865. The zero-order valence-electron chi connectivity index (χ0n) is 12.0. The highest BCUT2D eigenvalue weighted by atomic mass is 32.2. The molecule has 1 aliphatic heterocycles. The molecule has 0 saturated carbocycles. The normalized spacial score (nSPS) is 18.7. The summed E-state index contributed by atoms with van der Waals surface area (Å²) in [5.74, 6) is 0.757. The maximum atomic E-state index is 12.2. The molecule has 1 fully saturated rings. The van der Waals surface area contributed by atoms with E-state index in [0.29, 0.717) is 18.7 Å². The Balaban J connectivity index is 2.19. The van der Waals surface area contributed by atoms with Gasteiger partial charge in [0.05, 0.1) is 11.8 Å². The largest absolute Gasteiger partial charge is 0.489 e. The molecule has 0 radical (unpaired) electrons. The van der Waals surface area contributed by atoms with Crippen molar-refractivity contribution in [3.63, 3.8) is 0 Å². The maximum Gasteiger partial charge on any atom is 0.228 e. The number of anilines is 1. The Morgan fingerprint density at radius 1 is 1.40 bits per heavy atom. The van der Waals surface area contributed by atoms with E-state index in [4.69, 9.17) is 4.74 Å². The van der Waals surface area contributed by atoms with E-state index in [2.05, 4.69) is 0 Å². The number of nitrogens with zero attached hydrogens (tertiary/aromatic N) is 1. The summed E-state index contributed by atoms with van der Waals surface area (Å²) in [7, 11) is 0. The van der Waals surface area contributed by atoms with Crippen LogP contribution in [0.25, 0.3) is 0 Å². The van der Waals surface area contributed by atoms with Gasteiger partial charge in [0.2, 0.25) is 5.91 Å². The summed E-state index contributed by atoms with van der Waals surface area (Å²) < 4.78 is 5.75. The lowest BCUT2D eigenvalue weighted by Gasteiger charge is -2.21. The molecule has 1 unspecified atom stereocenters. The number of thioether (sulfide) groups is 1. The molecule has 1 aromatic carbocycles. The topological polar surface area (TPSA) is 46.6 Å². The highest BCUT2D eigenvalue weighted by Crippen LogP contribution is 2.34. The molecule has 0 bridgehead atoms. The number of para-hydroxylation sites is 2. The Morgan fingerprint density at radius 3 is 2.75 bits per heavy atom. The van der Waals surface area contributed by atoms with Crippen molar-refractivity contribution < 1.29 is 14.3 Å². The van der Waals surface area contributed by atoms with Gasteiger partial charge in [-0.25, -0.2) is 0 Å². The van der Waals surface area contributed by atoms with Gasteiger partial charge in [-0.3, -0.25) is 9.59 Å². The van der Waals surface area contributed by atoms with Gasteiger partial charge in [-0.1, -0.05) is 23.9 Å². The molecule has 0 N–H and O–H groups in total. The highest BCUT2D eigenvalue weighted by molar-refractivity contribution is 8.14. The molecule has 1 aliphatic rings. The van der Waals surface area contributed by atoms with Crippen LogP contribution in [-0.4, -0.2) is 28.9 Å². The molecule has 1 aromatic rings. The van der Waals surface area contributed by atoms with Crippen LogP contribution in [0, 0.1) is 0 Å². The quantitative estimate of drug-likeness (QED) is 0.856. The standard InChI is InChI=1S/C15H19NO3S/c1-10(2)19-14-7-5-4-6-13(14)16-9-12(8-15(16)18)20-11(3)17/h4-7,10,12H,8-9H2,1-3H3. The second-order valence-electron chi connectivity index (χ2n) is 5.07. The van der Waals surface area contributed by atoms with Crippen LogP contribution in [0.3, 0.4) is 0 Å². The molecule has 5 heteroatoms. The summed E-state index contributed by atoms with van der Waals surface area (Å²) in [5.41, 5.74) is 0.790. The number of amides is 1. The number of carbonyl (C=O) groups excluding carboxylic acids is 2. The van der Waals surface area contributed by atoms with E-state index in [1.165, 1.54) is 18.7 Å². The second kappa shape index (κ2) is 6.31. The van der Waals surface area contributed by atoms with E-state index in [0.717, 1.165) is 5.69 Å². The summed E-state index contributed by atoms with van der Waals surface area (Å²) in [6, 6.07) is 7.54. The summed E-state index contributed by atoms with van der Waals surface area (Å²) in [6.45, 7) is 6.00. The first-order chi connectivity index (χ1) is 9.47. The lowest BCUT2D eigenvalue weighted by Crippen LogP contribution is -2.26. The highest BCUT2D eigenvalue weighted by Gasteiger charge is 2.33. The van der Waals surface area contributed by atoms with Crippen LogP contribution >= 0.6 is 11.8 Å². The molecule has 1 saturated heterocycles. The van der Waals surface area contributed by atoms with Crippen molar-refractivity contribution in [1.82, 2.24) is 0 Å². The smallest absolute Gasteiger partial charge is 0.228 e. The second-order valence-corrected chi connectivity index (χ2v) is 6.55. The lowest BCUT2D eigenvalue weighted by atomic mass is 10.2. The Bertz CT molecular complexity index is 516. The number of ether oxygens (including phenoxy) is 1. The van der Waals surface area contributed by atoms with Crippen molar-refractivity contribution in [3.05, 3.63) is 24.3 Å². The third-order valence-corrected chi connectivity index (χ3v) is 3.92. The molecule has 0 aromatic heterocycles. The number of benzene rings is 1. The zero-order chi connectivity index (χ0) is 14.7. The van der Waals surface area contributed by atoms with Crippen molar-refractivity contribution in [3.8, 4) is 5.75 Å². The van der Waals surface area contributed by atoms with Crippen molar-refractivity contribution in [1.29, 1.82) is 0 Å².